The third-order valence-electron chi connectivity index (χ3n) is 4.02. The van der Waals surface area contributed by atoms with Gasteiger partial charge in [-0.2, -0.15) is 0 Å². The highest BCUT2D eigenvalue weighted by molar-refractivity contribution is 6.30. The van der Waals surface area contributed by atoms with Crippen LogP contribution in [-0.2, 0) is 4.79 Å². The molecule has 3 amide bonds. The Morgan fingerprint density at radius 2 is 1.85 bits per heavy atom. The van der Waals surface area contributed by atoms with Gasteiger partial charge in [0.15, 0.2) is 5.82 Å². The average Bonchev–Trinajstić information content (AvgIpc) is 3.02. The molecule has 0 radical (unpaired) electrons. The molecule has 2 N–H and O–H groups in total. The summed E-state index contributed by atoms with van der Waals surface area (Å²) in [7, 11) is 0. The van der Waals surface area contributed by atoms with Gasteiger partial charge in [0.2, 0.25) is 5.91 Å². The number of aromatic nitrogens is 1. The van der Waals surface area contributed by atoms with Crippen LogP contribution in [0, 0.1) is 6.92 Å². The number of halogens is 1. The Balaban J connectivity index is 1.42. The van der Waals surface area contributed by atoms with E-state index in [0.29, 0.717) is 48.5 Å². The van der Waals surface area contributed by atoms with Crippen LogP contribution in [0.1, 0.15) is 5.76 Å². The van der Waals surface area contributed by atoms with E-state index < -0.39 is 0 Å². The molecule has 2 heterocycles. The normalized spacial score (nSPS) is 14.9. The van der Waals surface area contributed by atoms with Crippen molar-refractivity contribution in [1.82, 2.24) is 15.0 Å². The first-order chi connectivity index (χ1) is 12.5. The summed E-state index contributed by atoms with van der Waals surface area (Å²) in [6.07, 6.45) is 0. The molecular weight excluding hydrogens is 358 g/mol. The number of nitrogens with zero attached hydrogens (tertiary/aromatic N) is 3. The summed E-state index contributed by atoms with van der Waals surface area (Å²) in [5.41, 5.74) is 0.698. The molecule has 0 aliphatic carbocycles. The fourth-order valence-corrected chi connectivity index (χ4v) is 2.78. The van der Waals surface area contributed by atoms with E-state index in [1.165, 1.54) is 0 Å². The molecule has 1 aliphatic heterocycles. The van der Waals surface area contributed by atoms with Gasteiger partial charge in [-0.3, -0.25) is 9.69 Å². The number of urea groups is 1. The van der Waals surface area contributed by atoms with Gasteiger partial charge in [0.05, 0.1) is 6.54 Å². The monoisotopic (exact) mass is 377 g/mol. The lowest BCUT2D eigenvalue weighted by atomic mass is 10.3. The van der Waals surface area contributed by atoms with Gasteiger partial charge in [-0.1, -0.05) is 16.8 Å². The molecule has 26 heavy (non-hydrogen) atoms. The molecule has 3 rings (SSSR count). The molecule has 1 aliphatic rings. The zero-order valence-corrected chi connectivity index (χ0v) is 15.1. The molecule has 0 atom stereocenters. The molecule has 0 bridgehead atoms. The van der Waals surface area contributed by atoms with Crippen molar-refractivity contribution in [1.29, 1.82) is 0 Å². The molecular formula is C17H20ClN5O3. The van der Waals surface area contributed by atoms with Crippen LogP contribution in [-0.4, -0.2) is 59.6 Å². The fourth-order valence-electron chi connectivity index (χ4n) is 2.66. The zero-order chi connectivity index (χ0) is 18.5. The van der Waals surface area contributed by atoms with Crippen LogP contribution < -0.4 is 10.6 Å². The second kappa shape index (κ2) is 8.20. The Morgan fingerprint density at radius 3 is 2.46 bits per heavy atom. The maximum Gasteiger partial charge on any atom is 0.321 e. The highest BCUT2D eigenvalue weighted by Gasteiger charge is 2.22. The Hall–Kier alpha value is -2.58. The summed E-state index contributed by atoms with van der Waals surface area (Å²) in [5, 5.41) is 9.89. The van der Waals surface area contributed by atoms with E-state index in [2.05, 4.69) is 15.8 Å². The maximum absolute atomic E-state index is 12.3. The van der Waals surface area contributed by atoms with Crippen LogP contribution in [0.15, 0.2) is 34.9 Å². The lowest BCUT2D eigenvalue weighted by Gasteiger charge is -2.34. The van der Waals surface area contributed by atoms with Gasteiger partial charge in [-0.25, -0.2) is 4.79 Å². The molecule has 1 aromatic heterocycles. The molecule has 2 aromatic rings. The lowest BCUT2D eigenvalue weighted by molar-refractivity contribution is -0.117. The lowest BCUT2D eigenvalue weighted by Crippen LogP contribution is -2.51. The van der Waals surface area contributed by atoms with Gasteiger partial charge >= 0.3 is 6.03 Å². The predicted molar refractivity (Wildman–Crippen MR) is 98.4 cm³/mol. The van der Waals surface area contributed by atoms with E-state index in [9.17, 15) is 9.59 Å². The second-order valence-corrected chi connectivity index (χ2v) is 6.51. The van der Waals surface area contributed by atoms with Gasteiger partial charge in [-0.05, 0) is 31.2 Å². The zero-order valence-electron chi connectivity index (χ0n) is 14.4. The number of hydrogen-bond acceptors (Lipinski definition) is 5. The van der Waals surface area contributed by atoms with E-state index in [1.54, 1.807) is 42.2 Å². The number of anilines is 2. The van der Waals surface area contributed by atoms with Crippen LogP contribution in [0.2, 0.25) is 5.02 Å². The maximum atomic E-state index is 12.3. The first-order valence-corrected chi connectivity index (χ1v) is 8.64. The molecule has 138 valence electrons. The molecule has 1 aromatic carbocycles. The number of benzene rings is 1. The van der Waals surface area contributed by atoms with Crippen molar-refractivity contribution in [2.24, 2.45) is 0 Å². The fraction of sp³-hybridized carbons (Fsp3) is 0.353. The van der Waals surface area contributed by atoms with Crippen LogP contribution in [0.3, 0.4) is 0 Å². The molecule has 1 saturated heterocycles. The van der Waals surface area contributed by atoms with Crippen LogP contribution in [0.4, 0.5) is 16.3 Å². The SMILES string of the molecule is Cc1cc(NC(=O)CN2CCN(C(=O)Nc3ccc(Cl)cc3)CC2)no1. The first-order valence-electron chi connectivity index (χ1n) is 8.26. The minimum Gasteiger partial charge on any atom is -0.360 e. The Labute approximate surface area is 156 Å². The quantitative estimate of drug-likeness (QED) is 0.853. The van der Waals surface area contributed by atoms with E-state index >= 15 is 0 Å². The van der Waals surface area contributed by atoms with Crippen molar-refractivity contribution in [2.45, 2.75) is 6.92 Å². The van der Waals surface area contributed by atoms with Gasteiger partial charge in [0, 0.05) is 43.0 Å². The highest BCUT2D eigenvalue weighted by Crippen LogP contribution is 2.14. The topological polar surface area (TPSA) is 90.7 Å². The largest absolute Gasteiger partial charge is 0.360 e. The number of rotatable bonds is 4. The summed E-state index contributed by atoms with van der Waals surface area (Å²) >= 11 is 5.84. The minimum atomic E-state index is -0.158. The van der Waals surface area contributed by atoms with Gasteiger partial charge in [0.25, 0.3) is 0 Å². The van der Waals surface area contributed by atoms with Crippen molar-refractivity contribution in [3.63, 3.8) is 0 Å². The molecule has 8 nitrogen and oxygen atoms in total. The summed E-state index contributed by atoms with van der Waals surface area (Å²) < 4.78 is 4.91. The van der Waals surface area contributed by atoms with Gasteiger partial charge < -0.3 is 20.1 Å². The summed E-state index contributed by atoms with van der Waals surface area (Å²) in [5.74, 6) is 0.895. The molecule has 0 saturated carbocycles. The highest BCUT2D eigenvalue weighted by atomic mass is 35.5. The summed E-state index contributed by atoms with van der Waals surface area (Å²) in [6, 6.07) is 8.47. The molecule has 0 spiro atoms. The van der Waals surface area contributed by atoms with Crippen molar-refractivity contribution < 1.29 is 14.1 Å². The number of carbonyl (C=O) groups is 2. The standard InChI is InChI=1S/C17H20ClN5O3/c1-12-10-15(21-26-12)20-16(24)11-22-6-8-23(9-7-22)17(25)19-14-4-2-13(18)3-5-14/h2-5,10H,6-9,11H2,1H3,(H,19,25)(H,20,21,24). The van der Waals surface area contributed by atoms with E-state index in [1.807, 2.05) is 4.90 Å². The number of carbonyl (C=O) groups excluding carboxylic acids is 2. The Kier molecular flexibility index (Phi) is 5.75. The number of aryl methyl sites for hydroxylation is 1. The van der Waals surface area contributed by atoms with Crippen LogP contribution in [0.25, 0.3) is 0 Å². The molecule has 9 heteroatoms. The van der Waals surface area contributed by atoms with Crippen molar-refractivity contribution in [3.8, 4) is 0 Å². The predicted octanol–water partition coefficient (Wildman–Crippen LogP) is 2.42. The second-order valence-electron chi connectivity index (χ2n) is 6.07. The molecule has 1 fully saturated rings. The smallest absolute Gasteiger partial charge is 0.321 e. The Bertz CT molecular complexity index is 769. The van der Waals surface area contributed by atoms with Crippen molar-refractivity contribution in [2.75, 3.05) is 43.4 Å². The first kappa shape index (κ1) is 18.2. The van der Waals surface area contributed by atoms with E-state index in [0.717, 1.165) is 0 Å². The van der Waals surface area contributed by atoms with Gasteiger partial charge in [-0.15, -0.1) is 0 Å². The number of piperazine rings is 1. The Morgan fingerprint density at radius 1 is 1.15 bits per heavy atom. The van der Waals surface area contributed by atoms with E-state index in [-0.39, 0.29) is 18.5 Å². The minimum absolute atomic E-state index is 0.155. The number of amides is 3. The number of hydrogen-bond donors (Lipinski definition) is 2. The summed E-state index contributed by atoms with van der Waals surface area (Å²) in [4.78, 5) is 28.0. The number of nitrogens with one attached hydrogen (secondary N) is 2. The van der Waals surface area contributed by atoms with Crippen LogP contribution in [0.5, 0.6) is 0 Å². The van der Waals surface area contributed by atoms with Crippen molar-refractivity contribution in [3.05, 3.63) is 41.1 Å². The average molecular weight is 378 g/mol. The van der Waals surface area contributed by atoms with Gasteiger partial charge in [0.1, 0.15) is 5.76 Å². The summed E-state index contributed by atoms with van der Waals surface area (Å²) in [6.45, 7) is 4.36. The molecule has 0 unspecified atom stereocenters. The van der Waals surface area contributed by atoms with E-state index in [4.69, 9.17) is 16.1 Å². The van der Waals surface area contributed by atoms with Crippen molar-refractivity contribution >= 4 is 35.0 Å². The van der Waals surface area contributed by atoms with Crippen LogP contribution >= 0.6 is 11.6 Å². The third-order valence-corrected chi connectivity index (χ3v) is 4.27. The third kappa shape index (κ3) is 4.96.